The van der Waals surface area contributed by atoms with E-state index in [1.807, 2.05) is 24.3 Å². The molecule has 0 aliphatic carbocycles. The Kier molecular flexibility index (Phi) is 5.46. The highest BCUT2D eigenvalue weighted by Gasteiger charge is 2.46. The molecular weight excluding hydrogens is 402 g/mol. The largest absolute Gasteiger partial charge is 0.507 e. The topological polar surface area (TPSA) is 70.8 Å². The van der Waals surface area contributed by atoms with Crippen LogP contribution in [0.25, 0.3) is 5.76 Å². The van der Waals surface area contributed by atoms with Gasteiger partial charge in [-0.1, -0.05) is 42.8 Å². The third-order valence-corrected chi connectivity index (χ3v) is 5.52. The number of aryl methyl sites for hydroxylation is 1. The molecule has 0 spiro atoms. The van der Waals surface area contributed by atoms with E-state index in [0.29, 0.717) is 16.3 Å². The van der Waals surface area contributed by atoms with Crippen molar-refractivity contribution in [2.75, 3.05) is 0 Å². The molecule has 152 valence electrons. The Labute approximate surface area is 179 Å². The molecule has 1 N–H and O–H groups in total. The van der Waals surface area contributed by atoms with Gasteiger partial charge >= 0.3 is 0 Å². The van der Waals surface area contributed by atoms with Crippen LogP contribution in [0.5, 0.6) is 0 Å². The average molecular weight is 422 g/mol. The lowest BCUT2D eigenvalue weighted by Crippen LogP contribution is -2.29. The number of ketones is 1. The molecule has 5 nitrogen and oxygen atoms in total. The molecule has 0 bridgehead atoms. The van der Waals surface area contributed by atoms with Crippen molar-refractivity contribution >= 4 is 29.1 Å². The number of amides is 1. The lowest BCUT2D eigenvalue weighted by atomic mass is 9.94. The van der Waals surface area contributed by atoms with Gasteiger partial charge in [-0.2, -0.15) is 0 Å². The minimum Gasteiger partial charge on any atom is -0.507 e. The van der Waals surface area contributed by atoms with E-state index in [-0.39, 0.29) is 17.9 Å². The molecule has 1 fully saturated rings. The summed E-state index contributed by atoms with van der Waals surface area (Å²) >= 11 is 5.95. The van der Waals surface area contributed by atoms with Crippen molar-refractivity contribution in [3.63, 3.8) is 0 Å². The third kappa shape index (κ3) is 3.64. The van der Waals surface area contributed by atoms with E-state index in [0.717, 1.165) is 17.5 Å². The number of furan rings is 1. The molecule has 0 radical (unpaired) electrons. The number of rotatable bonds is 5. The zero-order chi connectivity index (χ0) is 21.3. The Morgan fingerprint density at radius 2 is 1.77 bits per heavy atom. The number of likely N-dealkylation sites (tertiary alicyclic amines) is 1. The van der Waals surface area contributed by atoms with Crippen LogP contribution in [0.1, 0.15) is 35.4 Å². The summed E-state index contributed by atoms with van der Waals surface area (Å²) in [6.07, 6.45) is 2.39. The van der Waals surface area contributed by atoms with Gasteiger partial charge in [-0.15, -0.1) is 0 Å². The van der Waals surface area contributed by atoms with Crippen LogP contribution in [-0.2, 0) is 22.6 Å². The molecule has 1 saturated heterocycles. The lowest BCUT2D eigenvalue weighted by molar-refractivity contribution is -0.140. The predicted octanol–water partition coefficient (Wildman–Crippen LogP) is 5.12. The van der Waals surface area contributed by atoms with Crippen LogP contribution in [0, 0.1) is 0 Å². The smallest absolute Gasteiger partial charge is 0.296 e. The van der Waals surface area contributed by atoms with Gasteiger partial charge in [0.15, 0.2) is 0 Å². The first kappa shape index (κ1) is 20.0. The number of carbonyl (C=O) groups excluding carboxylic acids is 2. The van der Waals surface area contributed by atoms with Crippen molar-refractivity contribution < 1.29 is 19.1 Å². The number of aliphatic hydroxyl groups is 1. The fourth-order valence-corrected chi connectivity index (χ4v) is 3.78. The van der Waals surface area contributed by atoms with Gasteiger partial charge in [-0.05, 0) is 53.9 Å². The minimum atomic E-state index is -0.725. The van der Waals surface area contributed by atoms with Crippen molar-refractivity contribution in [1.82, 2.24) is 4.90 Å². The van der Waals surface area contributed by atoms with Crippen molar-refractivity contribution in [2.45, 2.75) is 25.9 Å². The van der Waals surface area contributed by atoms with E-state index < -0.39 is 17.7 Å². The minimum absolute atomic E-state index is 0.0538. The molecular formula is C24H20ClNO4. The van der Waals surface area contributed by atoms with E-state index in [2.05, 4.69) is 6.92 Å². The lowest BCUT2D eigenvalue weighted by Gasteiger charge is -2.24. The summed E-state index contributed by atoms with van der Waals surface area (Å²) in [5, 5.41) is 11.5. The molecule has 1 amide bonds. The van der Waals surface area contributed by atoms with Crippen molar-refractivity contribution in [2.24, 2.45) is 0 Å². The number of benzene rings is 2. The molecule has 1 aliphatic heterocycles. The third-order valence-electron chi connectivity index (χ3n) is 5.27. The van der Waals surface area contributed by atoms with Crippen LogP contribution in [0.4, 0.5) is 0 Å². The molecule has 6 heteroatoms. The highest BCUT2D eigenvalue weighted by Crippen LogP contribution is 2.40. The first-order valence-corrected chi connectivity index (χ1v) is 10.0. The number of hydrogen-bond donors (Lipinski definition) is 1. The van der Waals surface area contributed by atoms with E-state index in [1.165, 1.54) is 11.2 Å². The van der Waals surface area contributed by atoms with Gasteiger partial charge in [0.05, 0.1) is 24.4 Å². The molecule has 2 heterocycles. The Bertz CT molecular complexity index is 1100. The maximum Gasteiger partial charge on any atom is 0.296 e. The quantitative estimate of drug-likeness (QED) is 0.352. The van der Waals surface area contributed by atoms with E-state index >= 15 is 0 Å². The van der Waals surface area contributed by atoms with E-state index in [9.17, 15) is 14.7 Å². The van der Waals surface area contributed by atoms with Crippen LogP contribution in [0.15, 0.2) is 76.9 Å². The molecule has 1 aliphatic rings. The zero-order valence-corrected chi connectivity index (χ0v) is 17.1. The summed E-state index contributed by atoms with van der Waals surface area (Å²) < 4.78 is 5.39. The monoisotopic (exact) mass is 421 g/mol. The normalized spacial score (nSPS) is 18.2. The standard InChI is InChI=1S/C24H20ClNO4/c1-2-15-5-7-16(8-6-15)21-20(22(27)17-9-11-18(25)12-10-17)23(28)24(29)26(21)14-19-4-3-13-30-19/h3-13,21,27H,2,14H2,1H3/b22-20+/t21-/m0/s1. The summed E-state index contributed by atoms with van der Waals surface area (Å²) in [5.74, 6) is -1.07. The molecule has 4 rings (SSSR count). The van der Waals surface area contributed by atoms with Gasteiger partial charge in [-0.3, -0.25) is 9.59 Å². The maximum absolute atomic E-state index is 13.0. The predicted molar refractivity (Wildman–Crippen MR) is 114 cm³/mol. The number of hydrogen-bond acceptors (Lipinski definition) is 4. The molecule has 0 unspecified atom stereocenters. The highest BCUT2D eigenvalue weighted by atomic mass is 35.5. The number of nitrogens with zero attached hydrogens (tertiary/aromatic N) is 1. The fraction of sp³-hybridized carbons (Fsp3) is 0.167. The number of halogens is 1. The fourth-order valence-electron chi connectivity index (χ4n) is 3.66. The number of aliphatic hydroxyl groups excluding tert-OH is 1. The van der Waals surface area contributed by atoms with Gasteiger partial charge < -0.3 is 14.4 Å². The number of carbonyl (C=O) groups is 2. The van der Waals surface area contributed by atoms with Gasteiger partial charge in [0.1, 0.15) is 11.5 Å². The second-order valence-electron chi connectivity index (χ2n) is 7.11. The van der Waals surface area contributed by atoms with Crippen molar-refractivity contribution in [3.8, 4) is 0 Å². The zero-order valence-electron chi connectivity index (χ0n) is 16.3. The average Bonchev–Trinajstić information content (AvgIpc) is 3.36. The van der Waals surface area contributed by atoms with Crippen LogP contribution < -0.4 is 0 Å². The van der Waals surface area contributed by atoms with Gasteiger partial charge in [0.2, 0.25) is 0 Å². The number of Topliss-reactive ketones (excluding diaryl/α,β-unsaturated/α-hetero) is 1. The summed E-state index contributed by atoms with van der Waals surface area (Å²) in [7, 11) is 0. The maximum atomic E-state index is 13.0. The Morgan fingerprint density at radius 1 is 1.07 bits per heavy atom. The van der Waals surface area contributed by atoms with Crippen LogP contribution in [0.2, 0.25) is 5.02 Å². The first-order valence-electron chi connectivity index (χ1n) is 9.65. The van der Waals surface area contributed by atoms with Crippen LogP contribution in [0.3, 0.4) is 0 Å². The molecule has 3 aromatic rings. The molecule has 0 saturated carbocycles. The first-order chi connectivity index (χ1) is 14.5. The second-order valence-corrected chi connectivity index (χ2v) is 7.54. The van der Waals surface area contributed by atoms with Crippen LogP contribution >= 0.6 is 11.6 Å². The summed E-state index contributed by atoms with van der Waals surface area (Å²) in [5.41, 5.74) is 2.36. The molecule has 1 aromatic heterocycles. The van der Waals surface area contributed by atoms with Crippen LogP contribution in [-0.4, -0.2) is 21.7 Å². The van der Waals surface area contributed by atoms with Gasteiger partial charge in [0, 0.05) is 10.6 Å². The van der Waals surface area contributed by atoms with Crippen molar-refractivity contribution in [1.29, 1.82) is 0 Å². The molecule has 30 heavy (non-hydrogen) atoms. The van der Waals surface area contributed by atoms with E-state index in [1.54, 1.807) is 36.4 Å². The summed E-state index contributed by atoms with van der Waals surface area (Å²) in [4.78, 5) is 27.3. The SMILES string of the molecule is CCc1ccc([C@H]2/C(=C(\O)c3ccc(Cl)cc3)C(=O)C(=O)N2Cc2ccco2)cc1. The summed E-state index contributed by atoms with van der Waals surface area (Å²) in [6.45, 7) is 2.17. The van der Waals surface area contributed by atoms with E-state index in [4.69, 9.17) is 16.0 Å². The Morgan fingerprint density at radius 3 is 2.37 bits per heavy atom. The summed E-state index contributed by atoms with van der Waals surface area (Å²) in [6, 6.07) is 16.9. The van der Waals surface area contributed by atoms with Gasteiger partial charge in [-0.25, -0.2) is 0 Å². The molecule has 2 aromatic carbocycles. The highest BCUT2D eigenvalue weighted by molar-refractivity contribution is 6.46. The Balaban J connectivity index is 1.85. The van der Waals surface area contributed by atoms with Crippen molar-refractivity contribution in [3.05, 3.63) is 100.0 Å². The second kappa shape index (κ2) is 8.20. The van der Waals surface area contributed by atoms with Gasteiger partial charge in [0.25, 0.3) is 11.7 Å². The molecule has 1 atom stereocenters. The Hall–Kier alpha value is -3.31.